The van der Waals surface area contributed by atoms with Crippen molar-refractivity contribution < 1.29 is 19.4 Å². The molecule has 33 heavy (non-hydrogen) atoms. The van der Waals surface area contributed by atoms with E-state index in [2.05, 4.69) is 5.32 Å². The molecule has 1 aliphatic heterocycles. The van der Waals surface area contributed by atoms with Crippen LogP contribution in [-0.2, 0) is 16.0 Å². The maximum Gasteiger partial charge on any atom is 0.254 e. The third kappa shape index (κ3) is 5.27. The number of aliphatic hydroxyl groups is 1. The molecule has 0 spiro atoms. The third-order valence-corrected chi connectivity index (χ3v) is 8.63. The van der Waals surface area contributed by atoms with Crippen LogP contribution in [0.1, 0.15) is 67.3 Å². The number of benzene rings is 1. The summed E-state index contributed by atoms with van der Waals surface area (Å²) in [4.78, 5) is 26.8. The summed E-state index contributed by atoms with van der Waals surface area (Å²) in [6.07, 6.45) is 9.55. The molecule has 6 nitrogen and oxygen atoms in total. The van der Waals surface area contributed by atoms with E-state index in [0.717, 1.165) is 29.7 Å². The molecule has 6 heteroatoms. The van der Waals surface area contributed by atoms with Gasteiger partial charge in [0.2, 0.25) is 5.91 Å². The van der Waals surface area contributed by atoms with E-state index in [1.165, 1.54) is 38.5 Å². The highest BCUT2D eigenvalue weighted by atomic mass is 16.5. The molecule has 1 saturated heterocycles. The van der Waals surface area contributed by atoms with Crippen LogP contribution in [0.4, 0.5) is 0 Å². The van der Waals surface area contributed by atoms with Crippen molar-refractivity contribution in [2.24, 2.45) is 23.2 Å². The Labute approximate surface area is 197 Å². The van der Waals surface area contributed by atoms with Gasteiger partial charge in [-0.2, -0.15) is 0 Å². The van der Waals surface area contributed by atoms with Crippen molar-refractivity contribution in [3.8, 4) is 0 Å². The van der Waals surface area contributed by atoms with E-state index >= 15 is 0 Å². The van der Waals surface area contributed by atoms with E-state index in [4.69, 9.17) is 4.74 Å². The largest absolute Gasteiger partial charge is 0.383 e. The van der Waals surface area contributed by atoms with Gasteiger partial charge in [-0.05, 0) is 98.7 Å². The maximum atomic E-state index is 12.5. The van der Waals surface area contributed by atoms with Crippen molar-refractivity contribution >= 4 is 11.8 Å². The van der Waals surface area contributed by atoms with Crippen LogP contribution < -0.4 is 5.32 Å². The second kappa shape index (κ2) is 9.75. The number of carbonyl (C=O) groups is 2. The summed E-state index contributed by atoms with van der Waals surface area (Å²) in [5.41, 5.74) is 2.15. The number of amides is 2. The summed E-state index contributed by atoms with van der Waals surface area (Å²) in [7, 11) is 0. The van der Waals surface area contributed by atoms with Gasteiger partial charge in [0, 0.05) is 25.2 Å². The van der Waals surface area contributed by atoms with Crippen molar-refractivity contribution in [2.75, 3.05) is 32.8 Å². The Bertz CT molecular complexity index is 811. The van der Waals surface area contributed by atoms with Crippen LogP contribution in [0, 0.1) is 23.2 Å². The van der Waals surface area contributed by atoms with Gasteiger partial charge >= 0.3 is 0 Å². The molecule has 5 aliphatic rings. The van der Waals surface area contributed by atoms with Crippen LogP contribution in [0.3, 0.4) is 0 Å². The maximum absolute atomic E-state index is 12.5. The number of hydrogen-bond acceptors (Lipinski definition) is 4. The van der Waals surface area contributed by atoms with Crippen LogP contribution in [0.5, 0.6) is 0 Å². The van der Waals surface area contributed by atoms with Crippen molar-refractivity contribution in [1.29, 1.82) is 0 Å². The lowest BCUT2D eigenvalue weighted by Crippen LogP contribution is -2.46. The van der Waals surface area contributed by atoms with Gasteiger partial charge in [-0.25, -0.2) is 0 Å². The summed E-state index contributed by atoms with van der Waals surface area (Å²) in [5, 5.41) is 13.4. The lowest BCUT2D eigenvalue weighted by atomic mass is 9.48. The summed E-state index contributed by atoms with van der Waals surface area (Å²) >= 11 is 0. The molecule has 2 N–H and O–H groups in total. The SMILES string of the molecule is O=C(NCCc1ccc(C(=O)N2CCOCC2)cc1)C(O)CCC12CC3CC(CC(C3)C1)C2. The number of aliphatic hydroxyl groups excluding tert-OH is 1. The van der Waals surface area contributed by atoms with Crippen LogP contribution in [0.25, 0.3) is 0 Å². The third-order valence-electron chi connectivity index (χ3n) is 8.63. The second-order valence-electron chi connectivity index (χ2n) is 11.1. The van der Waals surface area contributed by atoms with Gasteiger partial charge in [0.25, 0.3) is 5.91 Å². The first-order valence-corrected chi connectivity index (χ1v) is 12.9. The molecule has 0 radical (unpaired) electrons. The van der Waals surface area contributed by atoms with Gasteiger partial charge in [-0.1, -0.05) is 12.1 Å². The van der Waals surface area contributed by atoms with Gasteiger partial charge < -0.3 is 20.1 Å². The van der Waals surface area contributed by atoms with Crippen molar-refractivity contribution in [2.45, 2.75) is 63.9 Å². The molecule has 180 valence electrons. The average Bonchev–Trinajstić information content (AvgIpc) is 2.82. The van der Waals surface area contributed by atoms with E-state index in [0.29, 0.717) is 56.7 Å². The second-order valence-corrected chi connectivity index (χ2v) is 11.1. The van der Waals surface area contributed by atoms with Gasteiger partial charge in [-0.3, -0.25) is 9.59 Å². The molecule has 2 amide bonds. The summed E-state index contributed by atoms with van der Waals surface area (Å²) < 4.78 is 5.31. The number of nitrogens with zero attached hydrogens (tertiary/aromatic N) is 1. The highest BCUT2D eigenvalue weighted by molar-refractivity contribution is 5.94. The summed E-state index contributed by atoms with van der Waals surface area (Å²) in [6.45, 7) is 2.95. The number of hydrogen-bond donors (Lipinski definition) is 2. The molecular weight excluding hydrogens is 416 g/mol. The monoisotopic (exact) mass is 454 g/mol. The number of nitrogens with one attached hydrogen (secondary N) is 1. The molecule has 6 rings (SSSR count). The zero-order valence-corrected chi connectivity index (χ0v) is 19.6. The molecular formula is C27H38N2O4. The quantitative estimate of drug-likeness (QED) is 0.632. The number of morpholine rings is 1. The van der Waals surface area contributed by atoms with Gasteiger partial charge in [0.05, 0.1) is 13.2 Å². The van der Waals surface area contributed by atoms with Crippen LogP contribution in [0.2, 0.25) is 0 Å². The standard InChI is InChI=1S/C27H38N2O4/c30-24(5-7-27-16-20-13-21(17-27)15-22(14-20)18-27)25(31)28-8-6-19-1-3-23(4-2-19)26(32)29-9-11-33-12-10-29/h1-4,20-22,24,30H,5-18H2,(H,28,31). The number of ether oxygens (including phenoxy) is 1. The molecule has 4 saturated carbocycles. The van der Waals surface area contributed by atoms with E-state index in [1.807, 2.05) is 29.2 Å². The topological polar surface area (TPSA) is 78.9 Å². The Kier molecular flexibility index (Phi) is 6.75. The van der Waals surface area contributed by atoms with Crippen LogP contribution in [0.15, 0.2) is 24.3 Å². The molecule has 1 heterocycles. The minimum Gasteiger partial charge on any atom is -0.383 e. The minimum atomic E-state index is -0.911. The molecule has 1 atom stereocenters. The highest BCUT2D eigenvalue weighted by Crippen LogP contribution is 2.61. The molecule has 5 fully saturated rings. The molecule has 4 aliphatic carbocycles. The zero-order valence-electron chi connectivity index (χ0n) is 19.6. The Morgan fingerprint density at radius 1 is 1.03 bits per heavy atom. The van der Waals surface area contributed by atoms with Crippen LogP contribution in [-0.4, -0.2) is 60.8 Å². The Balaban J connectivity index is 1.04. The van der Waals surface area contributed by atoms with Crippen LogP contribution >= 0.6 is 0 Å². The Morgan fingerprint density at radius 2 is 1.64 bits per heavy atom. The van der Waals surface area contributed by atoms with Gasteiger partial charge in [0.15, 0.2) is 0 Å². The first-order valence-electron chi connectivity index (χ1n) is 12.9. The Hall–Kier alpha value is -1.92. The van der Waals surface area contributed by atoms with Crippen molar-refractivity contribution in [1.82, 2.24) is 10.2 Å². The predicted octanol–water partition coefficient (Wildman–Crippen LogP) is 3.18. The fourth-order valence-corrected chi connectivity index (χ4v) is 7.38. The lowest BCUT2D eigenvalue weighted by molar-refractivity contribution is -0.130. The average molecular weight is 455 g/mol. The number of rotatable bonds is 8. The molecule has 1 unspecified atom stereocenters. The fraction of sp³-hybridized carbons (Fsp3) is 0.704. The molecule has 0 aromatic heterocycles. The van der Waals surface area contributed by atoms with E-state index in [9.17, 15) is 14.7 Å². The highest BCUT2D eigenvalue weighted by Gasteiger charge is 2.50. The van der Waals surface area contributed by atoms with Gasteiger partial charge in [0.1, 0.15) is 6.10 Å². The van der Waals surface area contributed by atoms with Crippen molar-refractivity contribution in [3.63, 3.8) is 0 Å². The zero-order chi connectivity index (χ0) is 22.8. The molecule has 4 bridgehead atoms. The first-order chi connectivity index (χ1) is 16.0. The number of carbonyl (C=O) groups excluding carboxylic acids is 2. The summed E-state index contributed by atoms with van der Waals surface area (Å²) in [6, 6.07) is 7.61. The van der Waals surface area contributed by atoms with Crippen molar-refractivity contribution in [3.05, 3.63) is 35.4 Å². The van der Waals surface area contributed by atoms with E-state index < -0.39 is 6.10 Å². The first kappa shape index (κ1) is 22.9. The molecule has 1 aromatic carbocycles. The molecule has 1 aromatic rings. The van der Waals surface area contributed by atoms with E-state index in [1.54, 1.807) is 0 Å². The predicted molar refractivity (Wildman–Crippen MR) is 126 cm³/mol. The van der Waals surface area contributed by atoms with Gasteiger partial charge in [-0.15, -0.1) is 0 Å². The fourth-order valence-electron chi connectivity index (χ4n) is 7.38. The normalized spacial score (nSPS) is 31.4. The smallest absolute Gasteiger partial charge is 0.254 e. The minimum absolute atomic E-state index is 0.0419. The van der Waals surface area contributed by atoms with E-state index in [-0.39, 0.29) is 11.8 Å². The lowest BCUT2D eigenvalue weighted by Gasteiger charge is -2.57. The Morgan fingerprint density at radius 3 is 2.24 bits per heavy atom. The summed E-state index contributed by atoms with van der Waals surface area (Å²) in [5.74, 6) is 2.49.